The second-order valence-electron chi connectivity index (χ2n) is 6.88. The van der Waals surface area contributed by atoms with E-state index in [0.717, 1.165) is 41.9 Å². The first kappa shape index (κ1) is 22.2. The van der Waals surface area contributed by atoms with E-state index in [-0.39, 0.29) is 10.6 Å². The van der Waals surface area contributed by atoms with Gasteiger partial charge < -0.3 is 0 Å². The lowest BCUT2D eigenvalue weighted by molar-refractivity contribution is -0.141. The lowest BCUT2D eigenvalue weighted by Crippen LogP contribution is -2.08. The summed E-state index contributed by atoms with van der Waals surface area (Å²) in [6.07, 6.45) is -3.73. The molecule has 0 saturated heterocycles. The highest BCUT2D eigenvalue weighted by molar-refractivity contribution is 7.90. The summed E-state index contributed by atoms with van der Waals surface area (Å²) in [5.41, 5.74) is -1.27. The predicted molar refractivity (Wildman–Crippen MR) is 110 cm³/mol. The maximum absolute atomic E-state index is 14.3. The summed E-state index contributed by atoms with van der Waals surface area (Å²) < 4.78 is 92.3. The van der Waals surface area contributed by atoms with Crippen LogP contribution in [0.3, 0.4) is 0 Å². The van der Waals surface area contributed by atoms with Gasteiger partial charge in [0.2, 0.25) is 0 Å². The molecule has 4 nitrogen and oxygen atoms in total. The Labute approximate surface area is 183 Å². The van der Waals surface area contributed by atoms with Crippen LogP contribution in [0, 0.1) is 11.6 Å². The van der Waals surface area contributed by atoms with Crippen molar-refractivity contribution in [2.75, 3.05) is 6.26 Å². The standard InChI is InChI=1S/C21H13F5N2O2S2/c1-32(29,30)14-4-2-3-12(9-14)18-7-8-19(31-18)17-11-20(21(24,25)26)27-28(17)16-10-13(22)5-6-15(16)23/h2-11H,1H3. The zero-order valence-corrected chi connectivity index (χ0v) is 17.8. The van der Waals surface area contributed by atoms with Crippen molar-refractivity contribution < 1.29 is 30.4 Å². The third-order valence-electron chi connectivity index (χ3n) is 4.54. The molecule has 0 fully saturated rings. The largest absolute Gasteiger partial charge is 0.435 e. The van der Waals surface area contributed by atoms with Crippen LogP contribution in [0.15, 0.2) is 65.6 Å². The molecule has 0 N–H and O–H groups in total. The number of benzene rings is 2. The van der Waals surface area contributed by atoms with Gasteiger partial charge in [-0.3, -0.25) is 0 Å². The highest BCUT2D eigenvalue weighted by Crippen LogP contribution is 2.39. The van der Waals surface area contributed by atoms with Crippen LogP contribution in [0.25, 0.3) is 26.7 Å². The number of hydrogen-bond acceptors (Lipinski definition) is 4. The van der Waals surface area contributed by atoms with Gasteiger partial charge in [0.15, 0.2) is 15.5 Å². The molecule has 4 rings (SSSR count). The highest BCUT2D eigenvalue weighted by Gasteiger charge is 2.36. The van der Waals surface area contributed by atoms with Gasteiger partial charge in [-0.25, -0.2) is 21.9 Å². The van der Waals surface area contributed by atoms with Crippen molar-refractivity contribution in [3.05, 3.63) is 78.0 Å². The molecule has 0 aliphatic heterocycles. The van der Waals surface area contributed by atoms with Gasteiger partial charge in [0, 0.05) is 17.2 Å². The zero-order chi connectivity index (χ0) is 23.3. The van der Waals surface area contributed by atoms with Crippen LogP contribution in [0.1, 0.15) is 5.69 Å². The summed E-state index contributed by atoms with van der Waals surface area (Å²) in [4.78, 5) is 0.971. The van der Waals surface area contributed by atoms with E-state index in [4.69, 9.17) is 0 Å². The third kappa shape index (κ3) is 4.30. The quantitative estimate of drug-likeness (QED) is 0.336. The van der Waals surface area contributed by atoms with Gasteiger partial charge in [0.1, 0.15) is 17.3 Å². The average molecular weight is 484 g/mol. The lowest BCUT2D eigenvalue weighted by Gasteiger charge is -2.08. The normalized spacial score (nSPS) is 12.3. The van der Waals surface area contributed by atoms with Gasteiger partial charge in [-0.1, -0.05) is 12.1 Å². The molecule has 0 unspecified atom stereocenters. The minimum atomic E-state index is -4.80. The number of nitrogens with zero attached hydrogens (tertiary/aromatic N) is 2. The molecule has 4 aromatic rings. The highest BCUT2D eigenvalue weighted by atomic mass is 32.2. The minimum absolute atomic E-state index is 0.0858. The minimum Gasteiger partial charge on any atom is -0.229 e. The molecule has 32 heavy (non-hydrogen) atoms. The Morgan fingerprint density at radius 3 is 2.34 bits per heavy atom. The molecule has 0 atom stereocenters. The third-order valence-corrected chi connectivity index (χ3v) is 6.81. The summed E-state index contributed by atoms with van der Waals surface area (Å²) in [5, 5.41) is 3.47. The van der Waals surface area contributed by atoms with Crippen molar-refractivity contribution in [1.29, 1.82) is 0 Å². The van der Waals surface area contributed by atoms with Gasteiger partial charge in [-0.05, 0) is 48.0 Å². The van der Waals surface area contributed by atoms with Crippen molar-refractivity contribution in [2.45, 2.75) is 11.1 Å². The molecule has 0 spiro atoms. The monoisotopic (exact) mass is 484 g/mol. The second kappa shape index (κ2) is 7.82. The maximum atomic E-state index is 14.3. The van der Waals surface area contributed by atoms with E-state index in [9.17, 15) is 30.4 Å². The zero-order valence-electron chi connectivity index (χ0n) is 16.2. The Kier molecular flexibility index (Phi) is 5.41. The number of aromatic nitrogens is 2. The Morgan fingerprint density at radius 1 is 0.938 bits per heavy atom. The molecular weight excluding hydrogens is 471 g/mol. The van der Waals surface area contributed by atoms with Crippen molar-refractivity contribution in [2.24, 2.45) is 0 Å². The fraction of sp³-hybridized carbons (Fsp3) is 0.0952. The van der Waals surface area contributed by atoms with Crippen LogP contribution in [-0.4, -0.2) is 24.5 Å². The average Bonchev–Trinajstić information content (AvgIpc) is 3.36. The summed E-state index contributed by atoms with van der Waals surface area (Å²) in [6.45, 7) is 0. The van der Waals surface area contributed by atoms with Crippen LogP contribution >= 0.6 is 11.3 Å². The number of alkyl halides is 3. The van der Waals surface area contributed by atoms with Gasteiger partial charge in [-0.15, -0.1) is 11.3 Å². The molecule has 0 radical (unpaired) electrons. The Bertz CT molecular complexity index is 1420. The van der Waals surface area contributed by atoms with E-state index in [0.29, 0.717) is 20.0 Å². The van der Waals surface area contributed by atoms with E-state index < -0.39 is 39.0 Å². The number of sulfone groups is 1. The fourth-order valence-corrected chi connectivity index (χ4v) is 4.71. The number of hydrogen-bond donors (Lipinski definition) is 0. The van der Waals surface area contributed by atoms with Gasteiger partial charge in [0.25, 0.3) is 0 Å². The summed E-state index contributed by atoms with van der Waals surface area (Å²) in [7, 11) is -3.45. The van der Waals surface area contributed by atoms with Gasteiger partial charge in [0.05, 0.1) is 15.5 Å². The van der Waals surface area contributed by atoms with E-state index in [1.807, 2.05) is 0 Å². The van der Waals surface area contributed by atoms with E-state index in [2.05, 4.69) is 5.10 Å². The topological polar surface area (TPSA) is 52.0 Å². The molecule has 2 aromatic heterocycles. The van der Waals surface area contributed by atoms with Crippen LogP contribution in [0.5, 0.6) is 0 Å². The maximum Gasteiger partial charge on any atom is 0.435 e. The molecule has 0 saturated carbocycles. The van der Waals surface area contributed by atoms with Crippen molar-refractivity contribution in [3.63, 3.8) is 0 Å². The van der Waals surface area contributed by atoms with Crippen molar-refractivity contribution in [1.82, 2.24) is 9.78 Å². The first-order valence-electron chi connectivity index (χ1n) is 8.97. The van der Waals surface area contributed by atoms with Crippen LogP contribution in [0.2, 0.25) is 0 Å². The van der Waals surface area contributed by atoms with E-state index in [1.54, 1.807) is 18.2 Å². The molecule has 0 bridgehead atoms. The molecule has 0 aliphatic rings. The smallest absolute Gasteiger partial charge is 0.229 e. The first-order valence-corrected chi connectivity index (χ1v) is 11.7. The fourth-order valence-electron chi connectivity index (χ4n) is 3.04. The Hall–Kier alpha value is -3.05. The Morgan fingerprint density at radius 2 is 1.66 bits per heavy atom. The first-order chi connectivity index (χ1) is 14.9. The number of thiophene rings is 1. The second-order valence-corrected chi connectivity index (χ2v) is 9.98. The van der Waals surface area contributed by atoms with Crippen LogP contribution in [-0.2, 0) is 16.0 Å². The lowest BCUT2D eigenvalue weighted by atomic mass is 10.2. The molecular formula is C21H13F5N2O2S2. The van der Waals surface area contributed by atoms with Crippen molar-refractivity contribution in [3.8, 4) is 26.7 Å². The van der Waals surface area contributed by atoms with Crippen LogP contribution < -0.4 is 0 Å². The van der Waals surface area contributed by atoms with E-state index >= 15 is 0 Å². The molecule has 166 valence electrons. The van der Waals surface area contributed by atoms with Gasteiger partial charge >= 0.3 is 6.18 Å². The van der Waals surface area contributed by atoms with Gasteiger partial charge in [-0.2, -0.15) is 18.3 Å². The summed E-state index contributed by atoms with van der Waals surface area (Å²) in [5.74, 6) is -1.78. The molecule has 11 heteroatoms. The molecule has 0 aliphatic carbocycles. The predicted octanol–water partition coefficient (Wildman–Crippen LogP) is 5.97. The molecule has 2 aromatic carbocycles. The SMILES string of the molecule is CS(=O)(=O)c1cccc(-c2ccc(-c3cc(C(F)(F)F)nn3-c3cc(F)ccc3F)s2)c1. The van der Waals surface area contributed by atoms with Crippen LogP contribution in [0.4, 0.5) is 22.0 Å². The number of rotatable bonds is 4. The molecule has 0 amide bonds. The summed E-state index contributed by atoms with van der Waals surface area (Å²) in [6, 6.07) is 12.4. The summed E-state index contributed by atoms with van der Waals surface area (Å²) >= 11 is 1.06. The Balaban J connectivity index is 1.86. The van der Waals surface area contributed by atoms with Crippen molar-refractivity contribution >= 4 is 21.2 Å². The van der Waals surface area contributed by atoms with E-state index in [1.165, 1.54) is 18.2 Å². The molecule has 2 heterocycles. The number of halogens is 5.